The zero-order chi connectivity index (χ0) is 12.3. The summed E-state index contributed by atoms with van der Waals surface area (Å²) in [6.45, 7) is 1.93. The molecule has 5 heteroatoms. The Labute approximate surface area is 98.9 Å². The first-order chi connectivity index (χ1) is 8.15. The number of carbonyl (C=O) groups is 1. The lowest BCUT2D eigenvalue weighted by Gasteiger charge is -1.94. The van der Waals surface area contributed by atoms with Crippen LogP contribution in [0.25, 0.3) is 11.2 Å². The number of hydrogen-bond acceptors (Lipinski definition) is 3. The smallest absolute Gasteiger partial charge is 0.303 e. The van der Waals surface area contributed by atoms with E-state index in [-0.39, 0.29) is 6.42 Å². The molecule has 90 valence electrons. The lowest BCUT2D eigenvalue weighted by molar-refractivity contribution is -0.137. The predicted molar refractivity (Wildman–Crippen MR) is 63.8 cm³/mol. The van der Waals surface area contributed by atoms with E-state index in [4.69, 9.17) is 5.11 Å². The third-order valence-corrected chi connectivity index (χ3v) is 2.59. The van der Waals surface area contributed by atoms with E-state index in [9.17, 15) is 4.79 Å². The molecule has 0 aliphatic rings. The number of aryl methyl sites for hydroxylation is 2. The summed E-state index contributed by atoms with van der Waals surface area (Å²) in [5.74, 6) is 0.135. The number of nitrogens with zero attached hydrogens (tertiary/aromatic N) is 2. The maximum atomic E-state index is 10.4. The first kappa shape index (κ1) is 11.6. The zero-order valence-corrected chi connectivity index (χ0v) is 9.73. The third kappa shape index (κ3) is 3.03. The topological polar surface area (TPSA) is 78.9 Å². The Balaban J connectivity index is 1.97. The maximum Gasteiger partial charge on any atom is 0.303 e. The van der Waals surface area contributed by atoms with E-state index >= 15 is 0 Å². The predicted octanol–water partition coefficient (Wildman–Crippen LogP) is 2.06. The fourth-order valence-electron chi connectivity index (χ4n) is 1.72. The van der Waals surface area contributed by atoms with Crippen LogP contribution in [0.4, 0.5) is 0 Å². The number of hydrogen-bond donors (Lipinski definition) is 2. The van der Waals surface area contributed by atoms with Crippen molar-refractivity contribution in [1.29, 1.82) is 0 Å². The van der Waals surface area contributed by atoms with Crippen molar-refractivity contribution in [2.24, 2.45) is 0 Å². The number of rotatable bonds is 5. The highest BCUT2D eigenvalue weighted by molar-refractivity contribution is 5.70. The molecule has 0 saturated carbocycles. The van der Waals surface area contributed by atoms with Crippen LogP contribution in [0.1, 0.15) is 30.8 Å². The summed E-state index contributed by atoms with van der Waals surface area (Å²) in [6, 6.07) is 3.90. The molecule has 0 spiro atoms. The molecule has 0 bridgehead atoms. The second kappa shape index (κ2) is 4.95. The highest BCUT2D eigenvalue weighted by Gasteiger charge is 2.04. The van der Waals surface area contributed by atoms with Crippen LogP contribution in [0, 0.1) is 6.92 Å². The number of aromatic nitrogens is 3. The van der Waals surface area contributed by atoms with Gasteiger partial charge in [0.1, 0.15) is 5.82 Å². The third-order valence-electron chi connectivity index (χ3n) is 2.59. The molecule has 0 unspecified atom stereocenters. The number of fused-ring (bicyclic) bond motifs is 1. The quantitative estimate of drug-likeness (QED) is 0.775. The summed E-state index contributed by atoms with van der Waals surface area (Å²) >= 11 is 0. The first-order valence-corrected chi connectivity index (χ1v) is 5.69. The number of nitrogens with one attached hydrogen (secondary N) is 1. The second-order valence-corrected chi connectivity index (χ2v) is 4.11. The molecule has 0 amide bonds. The van der Waals surface area contributed by atoms with Crippen molar-refractivity contribution < 1.29 is 9.90 Å². The first-order valence-electron chi connectivity index (χ1n) is 5.69. The number of H-pyrrole nitrogens is 1. The zero-order valence-electron chi connectivity index (χ0n) is 9.73. The van der Waals surface area contributed by atoms with Gasteiger partial charge in [-0.3, -0.25) is 4.79 Å². The van der Waals surface area contributed by atoms with Crippen LogP contribution in [0.15, 0.2) is 12.1 Å². The molecular formula is C12H15N3O2. The Morgan fingerprint density at radius 3 is 2.94 bits per heavy atom. The SMILES string of the molecule is Cc1ccc2[nH]c(CCCCC(=O)O)nc2n1. The molecule has 0 fully saturated rings. The Hall–Kier alpha value is -1.91. The van der Waals surface area contributed by atoms with Gasteiger partial charge in [0.15, 0.2) is 5.65 Å². The van der Waals surface area contributed by atoms with Crippen LogP contribution >= 0.6 is 0 Å². The van der Waals surface area contributed by atoms with Gasteiger partial charge in [0.25, 0.3) is 0 Å². The summed E-state index contributed by atoms with van der Waals surface area (Å²) in [7, 11) is 0. The van der Waals surface area contributed by atoms with Crippen molar-refractivity contribution in [3.8, 4) is 0 Å². The van der Waals surface area contributed by atoms with Crippen molar-refractivity contribution in [2.75, 3.05) is 0 Å². The van der Waals surface area contributed by atoms with E-state index in [1.54, 1.807) is 0 Å². The molecule has 0 aliphatic carbocycles. The molecule has 5 nitrogen and oxygen atoms in total. The number of pyridine rings is 1. The fourth-order valence-corrected chi connectivity index (χ4v) is 1.72. The van der Waals surface area contributed by atoms with Crippen molar-refractivity contribution >= 4 is 17.1 Å². The van der Waals surface area contributed by atoms with Gasteiger partial charge in [-0.15, -0.1) is 0 Å². The second-order valence-electron chi connectivity index (χ2n) is 4.11. The lowest BCUT2D eigenvalue weighted by Crippen LogP contribution is -1.95. The van der Waals surface area contributed by atoms with Crippen molar-refractivity contribution in [3.05, 3.63) is 23.7 Å². The van der Waals surface area contributed by atoms with Gasteiger partial charge in [-0.25, -0.2) is 9.97 Å². The number of aliphatic carboxylic acids is 1. The average Bonchev–Trinajstić information content (AvgIpc) is 2.66. The molecule has 2 aromatic heterocycles. The largest absolute Gasteiger partial charge is 0.481 e. The van der Waals surface area contributed by atoms with Gasteiger partial charge in [-0.05, 0) is 31.9 Å². The van der Waals surface area contributed by atoms with Crippen molar-refractivity contribution in [2.45, 2.75) is 32.6 Å². The van der Waals surface area contributed by atoms with Crippen molar-refractivity contribution in [1.82, 2.24) is 15.0 Å². The Kier molecular flexibility index (Phi) is 3.37. The van der Waals surface area contributed by atoms with E-state index < -0.39 is 5.97 Å². The van der Waals surface area contributed by atoms with E-state index in [1.807, 2.05) is 19.1 Å². The normalized spacial score (nSPS) is 10.9. The Bertz CT molecular complexity index is 534. The molecule has 0 radical (unpaired) electrons. The molecule has 0 aliphatic heterocycles. The highest BCUT2D eigenvalue weighted by Crippen LogP contribution is 2.11. The van der Waals surface area contributed by atoms with E-state index in [0.29, 0.717) is 6.42 Å². The molecular weight excluding hydrogens is 218 g/mol. The number of unbranched alkanes of at least 4 members (excludes halogenated alkanes) is 1. The van der Waals surface area contributed by atoms with Gasteiger partial charge in [-0.2, -0.15) is 0 Å². The molecule has 2 aromatic rings. The van der Waals surface area contributed by atoms with Gasteiger partial charge in [0, 0.05) is 18.5 Å². The van der Waals surface area contributed by atoms with Gasteiger partial charge in [-0.1, -0.05) is 0 Å². The van der Waals surface area contributed by atoms with Gasteiger partial charge >= 0.3 is 5.97 Å². The van der Waals surface area contributed by atoms with Crippen molar-refractivity contribution in [3.63, 3.8) is 0 Å². The van der Waals surface area contributed by atoms with Gasteiger partial charge in [0.05, 0.1) is 5.52 Å². The van der Waals surface area contributed by atoms with Gasteiger partial charge < -0.3 is 10.1 Å². The Morgan fingerprint density at radius 1 is 1.35 bits per heavy atom. The summed E-state index contributed by atoms with van der Waals surface area (Å²) < 4.78 is 0. The van der Waals surface area contributed by atoms with Crippen LogP contribution < -0.4 is 0 Å². The van der Waals surface area contributed by atoms with Crippen LogP contribution in [-0.4, -0.2) is 26.0 Å². The van der Waals surface area contributed by atoms with E-state index in [0.717, 1.165) is 35.5 Å². The monoisotopic (exact) mass is 233 g/mol. The van der Waals surface area contributed by atoms with Crippen LogP contribution in [0.5, 0.6) is 0 Å². The fraction of sp³-hybridized carbons (Fsp3) is 0.417. The minimum Gasteiger partial charge on any atom is -0.481 e. The molecule has 17 heavy (non-hydrogen) atoms. The van der Waals surface area contributed by atoms with E-state index in [1.165, 1.54) is 0 Å². The average molecular weight is 233 g/mol. The molecule has 2 rings (SSSR count). The van der Waals surface area contributed by atoms with Crippen LogP contribution in [0.2, 0.25) is 0 Å². The van der Waals surface area contributed by atoms with E-state index in [2.05, 4.69) is 15.0 Å². The maximum absolute atomic E-state index is 10.4. The number of carboxylic acid groups (broad SMARTS) is 1. The summed E-state index contributed by atoms with van der Waals surface area (Å²) in [4.78, 5) is 22.2. The number of aromatic amines is 1. The highest BCUT2D eigenvalue weighted by atomic mass is 16.4. The molecule has 0 aromatic carbocycles. The standard InChI is InChI=1S/C12H15N3O2/c1-8-6-7-9-12(13-8)15-10(14-9)4-2-3-5-11(16)17/h6-7H,2-5H2,1H3,(H,16,17)(H,13,14,15). The lowest BCUT2D eigenvalue weighted by atomic mass is 10.2. The minimum absolute atomic E-state index is 0.220. The van der Waals surface area contributed by atoms with Crippen LogP contribution in [-0.2, 0) is 11.2 Å². The summed E-state index contributed by atoms with van der Waals surface area (Å²) in [5, 5.41) is 8.52. The molecule has 0 saturated heterocycles. The number of imidazole rings is 1. The minimum atomic E-state index is -0.744. The number of carboxylic acids is 1. The Morgan fingerprint density at radius 2 is 2.18 bits per heavy atom. The summed E-state index contributed by atoms with van der Waals surface area (Å²) in [5.41, 5.74) is 2.61. The summed E-state index contributed by atoms with van der Waals surface area (Å²) in [6.07, 6.45) is 2.49. The molecule has 0 atom stereocenters. The van der Waals surface area contributed by atoms with Gasteiger partial charge in [0.2, 0.25) is 0 Å². The molecule has 2 N–H and O–H groups in total. The molecule has 2 heterocycles. The van der Waals surface area contributed by atoms with Crippen LogP contribution in [0.3, 0.4) is 0 Å².